The zero-order valence-electron chi connectivity index (χ0n) is 11.7. The third-order valence-corrected chi connectivity index (χ3v) is 2.83. The van der Waals surface area contributed by atoms with Gasteiger partial charge >= 0.3 is 0 Å². The van der Waals surface area contributed by atoms with Gasteiger partial charge < -0.3 is 4.74 Å². The number of ether oxygens (including phenoxy) is 1. The van der Waals surface area contributed by atoms with Gasteiger partial charge in [0, 0.05) is 12.0 Å². The molecule has 0 amide bonds. The minimum Gasteiger partial charge on any atom is -0.381 e. The lowest BCUT2D eigenvalue weighted by atomic mass is 10.1. The first-order chi connectivity index (χ1) is 9.65. The minimum absolute atomic E-state index is 0.153. The van der Waals surface area contributed by atoms with Crippen molar-refractivity contribution < 1.29 is 9.53 Å². The number of carbonyl (C=O) groups excluding carboxylic acids is 1. The van der Waals surface area contributed by atoms with E-state index in [9.17, 15) is 4.79 Å². The van der Waals surface area contributed by atoms with Crippen LogP contribution in [0.4, 0.5) is 0 Å². The third-order valence-electron chi connectivity index (χ3n) is 2.83. The Morgan fingerprint density at radius 2 is 2.20 bits per heavy atom. The number of aryl methyl sites for hydroxylation is 1. The van der Waals surface area contributed by atoms with Crippen LogP contribution in [0, 0.1) is 0 Å². The van der Waals surface area contributed by atoms with E-state index < -0.39 is 0 Å². The van der Waals surface area contributed by atoms with Gasteiger partial charge in [-0.15, -0.1) is 10.2 Å². The van der Waals surface area contributed by atoms with Crippen LogP contribution in [0.15, 0.2) is 24.3 Å². The zero-order valence-corrected chi connectivity index (χ0v) is 11.7. The van der Waals surface area contributed by atoms with Crippen molar-refractivity contribution in [2.45, 2.75) is 19.8 Å². The summed E-state index contributed by atoms with van der Waals surface area (Å²) in [5.41, 5.74) is 2.09. The summed E-state index contributed by atoms with van der Waals surface area (Å²) in [6.07, 6.45) is 1.27. The molecule has 0 aliphatic carbocycles. The van der Waals surface area contributed by atoms with E-state index in [0.29, 0.717) is 25.5 Å². The van der Waals surface area contributed by atoms with Gasteiger partial charge in [0.1, 0.15) is 5.78 Å². The molecular formula is C14H18N4O2. The van der Waals surface area contributed by atoms with Crippen LogP contribution in [-0.4, -0.2) is 39.2 Å². The molecule has 0 aliphatic heterocycles. The fourth-order valence-corrected chi connectivity index (χ4v) is 1.77. The molecule has 0 atom stereocenters. The molecule has 1 aromatic heterocycles. The highest BCUT2D eigenvalue weighted by molar-refractivity contribution is 5.75. The van der Waals surface area contributed by atoms with Gasteiger partial charge in [0.25, 0.3) is 0 Å². The summed E-state index contributed by atoms with van der Waals surface area (Å²) in [5, 5.41) is 12.0. The van der Waals surface area contributed by atoms with E-state index >= 15 is 0 Å². The summed E-state index contributed by atoms with van der Waals surface area (Å²) in [6.45, 7) is 2.66. The molecule has 2 aromatic rings. The Morgan fingerprint density at radius 3 is 2.90 bits per heavy atom. The third kappa shape index (κ3) is 4.24. The number of hydrogen-bond donors (Lipinski definition) is 0. The van der Waals surface area contributed by atoms with Crippen molar-refractivity contribution in [3.05, 3.63) is 29.8 Å². The molecule has 0 aliphatic rings. The number of aromatic nitrogens is 4. The highest BCUT2D eigenvalue weighted by Gasteiger charge is 2.05. The SMILES string of the molecule is CC(=O)CCOCCc1cccc(-c2nnn(C)n2)c1. The maximum absolute atomic E-state index is 10.8. The molecule has 20 heavy (non-hydrogen) atoms. The first-order valence-electron chi connectivity index (χ1n) is 6.55. The first-order valence-corrected chi connectivity index (χ1v) is 6.55. The molecule has 0 bridgehead atoms. The van der Waals surface area contributed by atoms with Crippen molar-refractivity contribution in [1.82, 2.24) is 20.2 Å². The molecule has 1 aromatic carbocycles. The van der Waals surface area contributed by atoms with Crippen LogP contribution in [0.3, 0.4) is 0 Å². The van der Waals surface area contributed by atoms with Crippen molar-refractivity contribution in [3.8, 4) is 11.4 Å². The summed E-state index contributed by atoms with van der Waals surface area (Å²) in [5.74, 6) is 0.771. The van der Waals surface area contributed by atoms with Crippen molar-refractivity contribution in [2.24, 2.45) is 7.05 Å². The molecule has 6 nitrogen and oxygen atoms in total. The van der Waals surface area contributed by atoms with Crippen LogP contribution >= 0.6 is 0 Å². The van der Waals surface area contributed by atoms with E-state index in [1.807, 2.05) is 24.3 Å². The second kappa shape index (κ2) is 6.91. The summed E-state index contributed by atoms with van der Waals surface area (Å²) in [6, 6.07) is 7.99. The smallest absolute Gasteiger partial charge is 0.204 e. The lowest BCUT2D eigenvalue weighted by molar-refractivity contribution is -0.118. The molecule has 106 valence electrons. The maximum atomic E-state index is 10.8. The maximum Gasteiger partial charge on any atom is 0.204 e. The quantitative estimate of drug-likeness (QED) is 0.714. The van der Waals surface area contributed by atoms with E-state index in [0.717, 1.165) is 17.5 Å². The van der Waals surface area contributed by atoms with Crippen molar-refractivity contribution in [1.29, 1.82) is 0 Å². The number of rotatable bonds is 7. The van der Waals surface area contributed by atoms with Gasteiger partial charge in [-0.2, -0.15) is 4.80 Å². The van der Waals surface area contributed by atoms with Crippen molar-refractivity contribution >= 4 is 5.78 Å². The number of benzene rings is 1. The molecule has 0 N–H and O–H groups in total. The molecule has 0 saturated heterocycles. The Balaban J connectivity index is 1.88. The highest BCUT2D eigenvalue weighted by atomic mass is 16.5. The van der Waals surface area contributed by atoms with Crippen molar-refractivity contribution in [2.75, 3.05) is 13.2 Å². The van der Waals surface area contributed by atoms with Gasteiger partial charge in [-0.05, 0) is 30.2 Å². The molecule has 0 fully saturated rings. The van der Waals surface area contributed by atoms with Crippen LogP contribution in [0.5, 0.6) is 0 Å². The molecule has 0 radical (unpaired) electrons. The van der Waals surface area contributed by atoms with Gasteiger partial charge in [0.15, 0.2) is 0 Å². The number of carbonyl (C=O) groups is 1. The number of Topliss-reactive ketones (excluding diaryl/α,β-unsaturated/α-hetero) is 1. The fourth-order valence-electron chi connectivity index (χ4n) is 1.77. The Labute approximate surface area is 117 Å². The molecular weight excluding hydrogens is 256 g/mol. The standard InChI is InChI=1S/C14H18N4O2/c1-11(19)6-8-20-9-7-12-4-3-5-13(10-12)14-15-17-18(2)16-14/h3-5,10H,6-9H2,1-2H3. The zero-order chi connectivity index (χ0) is 14.4. The van der Waals surface area contributed by atoms with E-state index in [1.54, 1.807) is 14.0 Å². The molecule has 6 heteroatoms. The minimum atomic E-state index is 0.153. The van der Waals surface area contributed by atoms with Gasteiger partial charge in [-0.1, -0.05) is 18.2 Å². The van der Waals surface area contributed by atoms with Crippen molar-refractivity contribution in [3.63, 3.8) is 0 Å². The fraction of sp³-hybridized carbons (Fsp3) is 0.429. The highest BCUT2D eigenvalue weighted by Crippen LogP contribution is 2.15. The summed E-state index contributed by atoms with van der Waals surface area (Å²) < 4.78 is 5.43. The average Bonchev–Trinajstić information content (AvgIpc) is 2.85. The topological polar surface area (TPSA) is 69.9 Å². The Morgan fingerprint density at radius 1 is 1.35 bits per heavy atom. The van der Waals surface area contributed by atoms with Crippen LogP contribution in [0.2, 0.25) is 0 Å². The molecule has 1 heterocycles. The lowest BCUT2D eigenvalue weighted by Crippen LogP contribution is -2.03. The predicted octanol–water partition coefficient (Wildman–Crippen LogP) is 1.42. The largest absolute Gasteiger partial charge is 0.381 e. The van der Waals surface area contributed by atoms with Gasteiger partial charge in [0.2, 0.25) is 5.82 Å². The number of ketones is 1. The Hall–Kier alpha value is -2.08. The molecule has 0 unspecified atom stereocenters. The van der Waals surface area contributed by atoms with Crippen LogP contribution in [-0.2, 0) is 23.0 Å². The van der Waals surface area contributed by atoms with Gasteiger partial charge in [-0.3, -0.25) is 4.79 Å². The van der Waals surface area contributed by atoms with E-state index in [-0.39, 0.29) is 5.78 Å². The van der Waals surface area contributed by atoms with Crippen LogP contribution in [0.25, 0.3) is 11.4 Å². The molecule has 0 spiro atoms. The Bertz CT molecular complexity index is 580. The Kier molecular flexibility index (Phi) is 4.95. The molecule has 0 saturated carbocycles. The first kappa shape index (κ1) is 14.3. The average molecular weight is 274 g/mol. The monoisotopic (exact) mass is 274 g/mol. The summed E-state index contributed by atoms with van der Waals surface area (Å²) in [7, 11) is 1.74. The van der Waals surface area contributed by atoms with Gasteiger partial charge in [-0.25, -0.2) is 0 Å². The summed E-state index contributed by atoms with van der Waals surface area (Å²) in [4.78, 5) is 12.2. The van der Waals surface area contributed by atoms with Gasteiger partial charge in [0.05, 0.1) is 20.3 Å². The number of tetrazole rings is 1. The normalized spacial score (nSPS) is 10.7. The van der Waals surface area contributed by atoms with E-state index in [1.165, 1.54) is 4.80 Å². The van der Waals surface area contributed by atoms with E-state index in [2.05, 4.69) is 15.4 Å². The lowest BCUT2D eigenvalue weighted by Gasteiger charge is -2.04. The van der Waals surface area contributed by atoms with Crippen LogP contribution in [0.1, 0.15) is 18.9 Å². The van der Waals surface area contributed by atoms with Crippen LogP contribution < -0.4 is 0 Å². The summed E-state index contributed by atoms with van der Waals surface area (Å²) >= 11 is 0. The van der Waals surface area contributed by atoms with E-state index in [4.69, 9.17) is 4.74 Å². The second-order valence-electron chi connectivity index (χ2n) is 4.62. The number of nitrogens with zero attached hydrogens (tertiary/aromatic N) is 4. The number of hydrogen-bond acceptors (Lipinski definition) is 5. The predicted molar refractivity (Wildman–Crippen MR) is 74.1 cm³/mol. The second-order valence-corrected chi connectivity index (χ2v) is 4.62. The molecule has 2 rings (SSSR count).